The number of rotatable bonds is 8. The Morgan fingerprint density at radius 3 is 1.46 bits per heavy atom. The topological polar surface area (TPSA) is 113 Å². The second-order valence-electron chi connectivity index (χ2n) is 13.9. The molecule has 0 radical (unpaired) electrons. The summed E-state index contributed by atoms with van der Waals surface area (Å²) in [7, 11) is 0. The number of carbonyl (C=O) groups excluding carboxylic acids is 1. The van der Waals surface area contributed by atoms with E-state index < -0.39 is 11.6 Å². The van der Waals surface area contributed by atoms with Crippen LogP contribution in [-0.4, -0.2) is 32.6 Å². The summed E-state index contributed by atoms with van der Waals surface area (Å²) in [5, 5.41) is 17.1. The fraction of sp³-hybridized carbons (Fsp3) is 0.182. The van der Waals surface area contributed by atoms with Crippen LogP contribution in [0.1, 0.15) is 63.7 Å². The Hall–Kier alpha value is -5.70. The van der Waals surface area contributed by atoms with E-state index in [2.05, 4.69) is 20.6 Å². The second kappa shape index (κ2) is 17.0. The molecule has 10 heteroatoms. The highest BCUT2D eigenvalue weighted by molar-refractivity contribution is 6.33. The second-order valence-corrected chi connectivity index (χ2v) is 14.7. The highest BCUT2D eigenvalue weighted by atomic mass is 35.5. The van der Waals surface area contributed by atoms with Crippen molar-refractivity contribution in [1.29, 1.82) is 0 Å². The van der Waals surface area contributed by atoms with E-state index in [1.807, 2.05) is 133 Å². The van der Waals surface area contributed by atoms with Crippen LogP contribution in [0, 0.1) is 27.7 Å². The molecule has 0 saturated heterocycles. The number of ether oxygens (including phenoxy) is 1. The van der Waals surface area contributed by atoms with Gasteiger partial charge in [0.2, 0.25) is 0 Å². The third-order valence-electron chi connectivity index (χ3n) is 8.17. The number of pyridine rings is 2. The van der Waals surface area contributed by atoms with Crippen molar-refractivity contribution in [3.05, 3.63) is 153 Å². The molecule has 276 valence electrons. The Morgan fingerprint density at radius 2 is 1.06 bits per heavy atom. The van der Waals surface area contributed by atoms with Crippen molar-refractivity contribution < 1.29 is 19.4 Å². The molecule has 4 aromatic carbocycles. The van der Waals surface area contributed by atoms with Gasteiger partial charge in [-0.25, -0.2) is 9.59 Å². The van der Waals surface area contributed by atoms with E-state index in [0.717, 1.165) is 56.1 Å². The summed E-state index contributed by atoms with van der Waals surface area (Å²) in [5.41, 5.74) is 10.1. The van der Waals surface area contributed by atoms with E-state index >= 15 is 0 Å². The Bertz CT molecular complexity index is 2340. The van der Waals surface area contributed by atoms with Crippen LogP contribution >= 0.6 is 23.2 Å². The van der Waals surface area contributed by atoms with Crippen LogP contribution in [0.5, 0.6) is 0 Å². The zero-order valence-electron chi connectivity index (χ0n) is 31.2. The standard InChI is InChI=1S/C24H25ClN2O2.C20H17ClN2O2/c1-15-10-11-21(19(12-15)23(28)29-24(3,4)5)27-17-13-16(2)22(26-14-17)18-8-6-7-9-20(18)25;1-12-7-8-18(16(9-12)20(24)25)23-14-10-13(2)19(22-11-14)15-5-3-4-6-17(15)21/h6-14,27H,1-5H3;3-11,23H,1-2H3,(H,24,25). The molecule has 0 aliphatic heterocycles. The third-order valence-corrected chi connectivity index (χ3v) is 8.83. The molecule has 3 N–H and O–H groups in total. The van der Waals surface area contributed by atoms with Crippen LogP contribution in [0.2, 0.25) is 10.0 Å². The summed E-state index contributed by atoms with van der Waals surface area (Å²) < 4.78 is 5.56. The van der Waals surface area contributed by atoms with Crippen LogP contribution in [0.4, 0.5) is 22.7 Å². The van der Waals surface area contributed by atoms with Crippen molar-refractivity contribution in [3.63, 3.8) is 0 Å². The van der Waals surface area contributed by atoms with Gasteiger partial charge < -0.3 is 20.5 Å². The normalized spacial score (nSPS) is 10.9. The van der Waals surface area contributed by atoms with Crippen molar-refractivity contribution in [1.82, 2.24) is 9.97 Å². The molecule has 0 fully saturated rings. The largest absolute Gasteiger partial charge is 0.478 e. The van der Waals surface area contributed by atoms with Gasteiger partial charge in [-0.1, -0.05) is 82.9 Å². The number of halogens is 2. The molecule has 0 saturated carbocycles. The van der Waals surface area contributed by atoms with E-state index in [4.69, 9.17) is 27.9 Å². The number of benzene rings is 4. The Kier molecular flexibility index (Phi) is 12.4. The summed E-state index contributed by atoms with van der Waals surface area (Å²) >= 11 is 12.6. The monoisotopic (exact) mass is 760 g/mol. The van der Waals surface area contributed by atoms with Crippen molar-refractivity contribution in [3.8, 4) is 22.5 Å². The van der Waals surface area contributed by atoms with Gasteiger partial charge in [-0.3, -0.25) is 9.97 Å². The minimum atomic E-state index is -0.969. The quantitative estimate of drug-likeness (QED) is 0.131. The first-order valence-corrected chi connectivity index (χ1v) is 18.0. The summed E-state index contributed by atoms with van der Waals surface area (Å²) in [6, 6.07) is 30.0. The molecule has 0 bridgehead atoms. The predicted molar refractivity (Wildman–Crippen MR) is 220 cm³/mol. The number of carboxylic acid groups (broad SMARTS) is 1. The van der Waals surface area contributed by atoms with Crippen LogP contribution in [0.25, 0.3) is 22.5 Å². The van der Waals surface area contributed by atoms with Gasteiger partial charge in [0.15, 0.2) is 0 Å². The minimum Gasteiger partial charge on any atom is -0.478 e. The lowest BCUT2D eigenvalue weighted by Crippen LogP contribution is -2.24. The average molecular weight is 762 g/mol. The lowest BCUT2D eigenvalue weighted by molar-refractivity contribution is 0.00703. The lowest BCUT2D eigenvalue weighted by Gasteiger charge is -2.21. The number of anilines is 4. The predicted octanol–water partition coefficient (Wildman–Crippen LogP) is 12.2. The number of aryl methyl sites for hydroxylation is 4. The number of aromatic carboxylic acids is 1. The highest BCUT2D eigenvalue weighted by Crippen LogP contribution is 2.33. The first kappa shape index (κ1) is 39.5. The molecule has 54 heavy (non-hydrogen) atoms. The zero-order chi connectivity index (χ0) is 39.2. The molecule has 0 atom stereocenters. The number of esters is 1. The summed E-state index contributed by atoms with van der Waals surface area (Å²) in [6.45, 7) is 13.3. The van der Waals surface area contributed by atoms with Gasteiger partial charge in [-0.05, 0) is 108 Å². The fourth-order valence-electron chi connectivity index (χ4n) is 5.68. The minimum absolute atomic E-state index is 0.229. The van der Waals surface area contributed by atoms with E-state index in [9.17, 15) is 14.7 Å². The molecule has 2 aromatic heterocycles. The van der Waals surface area contributed by atoms with Gasteiger partial charge in [0, 0.05) is 21.2 Å². The molecule has 0 spiro atoms. The number of hydrogen-bond donors (Lipinski definition) is 3. The summed E-state index contributed by atoms with van der Waals surface area (Å²) in [4.78, 5) is 33.2. The lowest BCUT2D eigenvalue weighted by atomic mass is 10.1. The fourth-order valence-corrected chi connectivity index (χ4v) is 6.13. The number of carbonyl (C=O) groups is 2. The summed E-state index contributed by atoms with van der Waals surface area (Å²) in [5.74, 6) is -1.33. The van der Waals surface area contributed by atoms with Gasteiger partial charge in [0.25, 0.3) is 0 Å². The highest BCUT2D eigenvalue weighted by Gasteiger charge is 2.21. The number of nitrogens with zero attached hydrogens (tertiary/aromatic N) is 2. The number of carboxylic acids is 1. The van der Waals surface area contributed by atoms with E-state index in [0.29, 0.717) is 27.0 Å². The Labute approximate surface area is 326 Å². The molecule has 0 aliphatic carbocycles. The molecule has 2 heterocycles. The maximum Gasteiger partial charge on any atom is 0.340 e. The van der Waals surface area contributed by atoms with Crippen molar-refractivity contribution in [2.24, 2.45) is 0 Å². The Balaban J connectivity index is 0.000000210. The number of hydrogen-bond acceptors (Lipinski definition) is 7. The van der Waals surface area contributed by atoms with Crippen LogP contribution in [0.15, 0.2) is 109 Å². The molecule has 0 amide bonds. The maximum absolute atomic E-state index is 12.7. The van der Waals surface area contributed by atoms with Crippen LogP contribution in [0.3, 0.4) is 0 Å². The molecule has 6 aromatic rings. The van der Waals surface area contributed by atoms with Crippen molar-refractivity contribution >= 4 is 57.9 Å². The molecule has 0 aliphatic rings. The smallest absolute Gasteiger partial charge is 0.340 e. The average Bonchev–Trinajstić information content (AvgIpc) is 3.10. The SMILES string of the molecule is Cc1ccc(Nc2cnc(-c3ccccc3Cl)c(C)c2)c(C(=O)O)c1.Cc1ccc(Nc2cnc(-c3ccccc3Cl)c(C)c2)c(C(=O)OC(C)(C)C)c1. The van der Waals surface area contributed by atoms with Gasteiger partial charge in [0.1, 0.15) is 5.60 Å². The molecule has 8 nitrogen and oxygen atoms in total. The van der Waals surface area contributed by atoms with E-state index in [1.165, 1.54) is 0 Å². The number of nitrogens with one attached hydrogen (secondary N) is 2. The van der Waals surface area contributed by atoms with Gasteiger partial charge >= 0.3 is 11.9 Å². The zero-order valence-corrected chi connectivity index (χ0v) is 32.7. The van der Waals surface area contributed by atoms with E-state index in [1.54, 1.807) is 24.5 Å². The van der Waals surface area contributed by atoms with Crippen molar-refractivity contribution in [2.45, 2.75) is 54.1 Å². The first-order chi connectivity index (χ1) is 25.6. The Morgan fingerprint density at radius 1 is 0.630 bits per heavy atom. The molecule has 6 rings (SSSR count). The molecular weight excluding hydrogens is 719 g/mol. The van der Waals surface area contributed by atoms with Gasteiger partial charge in [-0.15, -0.1) is 0 Å². The summed E-state index contributed by atoms with van der Waals surface area (Å²) in [6.07, 6.45) is 3.42. The first-order valence-electron chi connectivity index (χ1n) is 17.2. The molecular formula is C44H42Cl2N4O4. The van der Waals surface area contributed by atoms with Gasteiger partial charge in [0.05, 0.1) is 57.7 Å². The number of aromatic nitrogens is 2. The third kappa shape index (κ3) is 10.0. The molecule has 0 unspecified atom stereocenters. The van der Waals surface area contributed by atoms with E-state index in [-0.39, 0.29) is 11.5 Å². The van der Waals surface area contributed by atoms with Gasteiger partial charge in [-0.2, -0.15) is 0 Å². The van der Waals surface area contributed by atoms with Crippen LogP contribution < -0.4 is 10.6 Å². The van der Waals surface area contributed by atoms with Crippen LogP contribution in [-0.2, 0) is 4.74 Å². The van der Waals surface area contributed by atoms with Crippen molar-refractivity contribution in [2.75, 3.05) is 10.6 Å². The maximum atomic E-state index is 12.7.